The van der Waals surface area contributed by atoms with Crippen LogP contribution in [0.1, 0.15) is 40.1 Å². The Bertz CT molecular complexity index is 822. The van der Waals surface area contributed by atoms with Gasteiger partial charge in [-0.2, -0.15) is 5.23 Å². The van der Waals surface area contributed by atoms with E-state index in [4.69, 9.17) is 8.83 Å². The maximum atomic E-state index is 11.4. The van der Waals surface area contributed by atoms with E-state index in [-0.39, 0.29) is 11.4 Å². The Morgan fingerprint density at radius 1 is 0.958 bits per heavy atom. The fourth-order valence-corrected chi connectivity index (χ4v) is 2.81. The molecule has 0 spiro atoms. The number of quaternary nitrogens is 1. The molecule has 1 unspecified atom stereocenters. The normalized spacial score (nSPS) is 12.8. The molecule has 126 valence electrons. The van der Waals surface area contributed by atoms with Crippen LogP contribution >= 0.6 is 0 Å². The minimum absolute atomic E-state index is 0.0353. The molecule has 0 saturated heterocycles. The first kappa shape index (κ1) is 16.3. The van der Waals surface area contributed by atoms with E-state index in [2.05, 4.69) is 0 Å². The van der Waals surface area contributed by atoms with Crippen LogP contribution in [0.2, 0.25) is 0 Å². The highest BCUT2D eigenvalue weighted by Gasteiger charge is 2.28. The standard InChI is InChI=1S/C18H19NO5/c1-10-8-13(19(21)22)9-14(18(10)20)17(15-6-4-11(2)23-15)16-7-5-12(3)24-16/h4-9,17,19-21H,1-3H3. The van der Waals surface area contributed by atoms with Crippen molar-refractivity contribution in [1.82, 2.24) is 0 Å². The number of nitrogens with one attached hydrogen (secondary N) is 1. The van der Waals surface area contributed by atoms with Gasteiger partial charge in [0.25, 0.3) is 0 Å². The van der Waals surface area contributed by atoms with Gasteiger partial charge in [-0.25, -0.2) is 5.21 Å². The van der Waals surface area contributed by atoms with Crippen LogP contribution in [-0.4, -0.2) is 10.3 Å². The summed E-state index contributed by atoms with van der Waals surface area (Å²) in [4.78, 5) is 0. The van der Waals surface area contributed by atoms with Crippen molar-refractivity contribution >= 4 is 5.69 Å². The first-order valence-electron chi connectivity index (χ1n) is 7.56. The van der Waals surface area contributed by atoms with Crippen molar-refractivity contribution in [3.63, 3.8) is 0 Å². The predicted molar refractivity (Wildman–Crippen MR) is 86.5 cm³/mol. The summed E-state index contributed by atoms with van der Waals surface area (Å²) in [6, 6.07) is 10.2. The maximum Gasteiger partial charge on any atom is 0.164 e. The van der Waals surface area contributed by atoms with E-state index >= 15 is 0 Å². The lowest BCUT2D eigenvalue weighted by Gasteiger charge is -2.19. The fraction of sp³-hybridized carbons (Fsp3) is 0.222. The monoisotopic (exact) mass is 329 g/mol. The minimum atomic E-state index is -1.05. The fourth-order valence-electron chi connectivity index (χ4n) is 2.81. The number of hydrogen-bond donors (Lipinski definition) is 3. The molecule has 0 aliphatic heterocycles. The summed E-state index contributed by atoms with van der Waals surface area (Å²) in [6.07, 6.45) is 0. The highest BCUT2D eigenvalue weighted by Crippen LogP contribution is 2.40. The van der Waals surface area contributed by atoms with E-state index < -0.39 is 11.1 Å². The Hall–Kier alpha value is -2.54. The van der Waals surface area contributed by atoms with Gasteiger partial charge in [-0.15, -0.1) is 0 Å². The molecule has 1 aromatic carbocycles. The number of aromatic hydroxyl groups is 1. The van der Waals surface area contributed by atoms with E-state index in [0.717, 1.165) is 11.5 Å². The van der Waals surface area contributed by atoms with Crippen LogP contribution in [0.15, 0.2) is 45.2 Å². The first-order valence-corrected chi connectivity index (χ1v) is 7.56. The Morgan fingerprint density at radius 2 is 1.50 bits per heavy atom. The Kier molecular flexibility index (Phi) is 4.19. The lowest BCUT2D eigenvalue weighted by molar-refractivity contribution is -0.991. The summed E-state index contributed by atoms with van der Waals surface area (Å²) in [5.41, 5.74) is 1.04. The summed E-state index contributed by atoms with van der Waals surface area (Å²) in [5, 5.41) is 30.2. The van der Waals surface area contributed by atoms with Crippen molar-refractivity contribution in [2.75, 3.05) is 0 Å². The third-order valence-electron chi connectivity index (χ3n) is 3.98. The number of benzene rings is 1. The molecule has 0 amide bonds. The van der Waals surface area contributed by atoms with Crippen LogP contribution in [0.5, 0.6) is 5.75 Å². The second-order valence-electron chi connectivity index (χ2n) is 5.87. The van der Waals surface area contributed by atoms with Gasteiger partial charge in [0.1, 0.15) is 34.7 Å². The Morgan fingerprint density at radius 3 is 1.92 bits per heavy atom. The molecule has 0 aliphatic rings. The maximum absolute atomic E-state index is 11.4. The number of aryl methyl sites for hydroxylation is 3. The number of rotatable bonds is 4. The molecule has 6 nitrogen and oxygen atoms in total. The van der Waals surface area contributed by atoms with Gasteiger partial charge < -0.3 is 19.1 Å². The minimum Gasteiger partial charge on any atom is -0.595 e. The zero-order chi connectivity index (χ0) is 17.4. The third kappa shape index (κ3) is 2.94. The lowest BCUT2D eigenvalue weighted by atomic mass is 9.91. The van der Waals surface area contributed by atoms with Crippen molar-refractivity contribution in [1.29, 1.82) is 0 Å². The molecule has 0 fully saturated rings. The molecule has 0 aliphatic carbocycles. The van der Waals surface area contributed by atoms with Crippen molar-refractivity contribution in [3.8, 4) is 5.75 Å². The molecule has 24 heavy (non-hydrogen) atoms. The highest BCUT2D eigenvalue weighted by atomic mass is 16.8. The topological polar surface area (TPSA) is 94.2 Å². The van der Waals surface area contributed by atoms with Crippen LogP contribution in [-0.2, 0) is 0 Å². The van der Waals surface area contributed by atoms with E-state index in [9.17, 15) is 15.5 Å². The van der Waals surface area contributed by atoms with Gasteiger partial charge in [-0.1, -0.05) is 0 Å². The summed E-state index contributed by atoms with van der Waals surface area (Å²) >= 11 is 0. The van der Waals surface area contributed by atoms with Crippen LogP contribution < -0.4 is 5.23 Å². The first-order chi connectivity index (χ1) is 11.4. The molecule has 2 heterocycles. The van der Waals surface area contributed by atoms with Gasteiger partial charge in [0.15, 0.2) is 5.69 Å². The lowest BCUT2D eigenvalue weighted by Crippen LogP contribution is -2.99. The zero-order valence-electron chi connectivity index (χ0n) is 13.7. The van der Waals surface area contributed by atoms with Crippen LogP contribution in [0.3, 0.4) is 0 Å². The molecule has 3 aromatic rings. The number of phenols is 1. The summed E-state index contributed by atoms with van der Waals surface area (Å²) in [7, 11) is 0. The summed E-state index contributed by atoms with van der Waals surface area (Å²) < 4.78 is 11.5. The zero-order valence-corrected chi connectivity index (χ0v) is 13.7. The predicted octanol–water partition coefficient (Wildman–Crippen LogP) is 3.09. The third-order valence-corrected chi connectivity index (χ3v) is 3.98. The second-order valence-corrected chi connectivity index (χ2v) is 5.87. The van der Waals surface area contributed by atoms with Crippen LogP contribution in [0.25, 0.3) is 0 Å². The average Bonchev–Trinajstić information content (AvgIpc) is 3.12. The van der Waals surface area contributed by atoms with Crippen molar-refractivity contribution in [2.45, 2.75) is 26.7 Å². The number of hydrogen-bond acceptors (Lipinski definition) is 5. The molecule has 1 atom stereocenters. The SMILES string of the molecule is Cc1ccc(C(c2ccc(C)o2)c2cc([NH+]([O-])O)cc(C)c2O)o1. The van der Waals surface area contributed by atoms with Gasteiger partial charge in [-0.05, 0) is 50.6 Å². The Balaban J connectivity index is 2.23. The largest absolute Gasteiger partial charge is 0.595 e. The molecule has 2 aromatic heterocycles. The van der Waals surface area contributed by atoms with Crippen molar-refractivity contribution < 1.29 is 24.4 Å². The number of furan rings is 2. The highest BCUT2D eigenvalue weighted by molar-refractivity contribution is 5.54. The van der Waals surface area contributed by atoms with E-state index in [1.54, 1.807) is 19.1 Å². The van der Waals surface area contributed by atoms with E-state index in [0.29, 0.717) is 22.6 Å². The van der Waals surface area contributed by atoms with Gasteiger partial charge >= 0.3 is 0 Å². The average molecular weight is 329 g/mol. The van der Waals surface area contributed by atoms with Gasteiger partial charge in [0, 0.05) is 17.7 Å². The van der Waals surface area contributed by atoms with Crippen LogP contribution in [0, 0.1) is 26.0 Å². The quantitative estimate of drug-likeness (QED) is 0.505. The van der Waals surface area contributed by atoms with E-state index in [1.165, 1.54) is 12.1 Å². The second kappa shape index (κ2) is 6.16. The molecular weight excluding hydrogens is 310 g/mol. The van der Waals surface area contributed by atoms with Crippen molar-refractivity contribution in [2.24, 2.45) is 0 Å². The smallest absolute Gasteiger partial charge is 0.164 e. The van der Waals surface area contributed by atoms with E-state index in [1.807, 2.05) is 26.0 Å². The molecular formula is C18H19NO5. The van der Waals surface area contributed by atoms with Gasteiger partial charge in [0.2, 0.25) is 0 Å². The van der Waals surface area contributed by atoms with Crippen molar-refractivity contribution in [3.05, 3.63) is 75.8 Å². The molecule has 6 heteroatoms. The molecule has 0 saturated carbocycles. The van der Waals surface area contributed by atoms with Gasteiger partial charge in [0.05, 0.1) is 0 Å². The molecule has 0 radical (unpaired) electrons. The molecule has 3 rings (SSSR count). The summed E-state index contributed by atoms with van der Waals surface area (Å²) in [6.45, 7) is 5.32. The van der Waals surface area contributed by atoms with Crippen LogP contribution in [0.4, 0.5) is 5.69 Å². The molecule has 0 bridgehead atoms. The Labute approximate surface area is 139 Å². The molecule has 3 N–H and O–H groups in total. The summed E-state index contributed by atoms with van der Waals surface area (Å²) in [5.74, 6) is 2.13. The van der Waals surface area contributed by atoms with Gasteiger partial charge in [-0.3, -0.25) is 0 Å². The number of phenolic OH excluding ortho intramolecular Hbond substituents is 1.